The lowest BCUT2D eigenvalue weighted by atomic mass is 9.93. The van der Waals surface area contributed by atoms with Gasteiger partial charge < -0.3 is 4.74 Å². The Morgan fingerprint density at radius 3 is 2.24 bits per heavy atom. The number of hydrogen-bond donors (Lipinski definition) is 0. The number of esters is 1. The van der Waals surface area contributed by atoms with E-state index >= 15 is 0 Å². The van der Waals surface area contributed by atoms with Crippen LogP contribution >= 0.6 is 34.8 Å². The lowest BCUT2D eigenvalue weighted by Crippen LogP contribution is -2.37. The van der Waals surface area contributed by atoms with E-state index in [4.69, 9.17) is 39.5 Å². The number of halogens is 3. The summed E-state index contributed by atoms with van der Waals surface area (Å²) in [4.78, 5) is 11.3. The van der Waals surface area contributed by atoms with E-state index in [0.29, 0.717) is 0 Å². The maximum atomic E-state index is 11.3. The minimum absolute atomic E-state index is 0.0409. The lowest BCUT2D eigenvalue weighted by Gasteiger charge is -2.30. The molecule has 21 heavy (non-hydrogen) atoms. The van der Waals surface area contributed by atoms with Crippen LogP contribution in [0, 0.1) is 5.92 Å². The molecule has 0 fully saturated rings. The number of hydrogen-bond acceptors (Lipinski definition) is 2. The third-order valence-corrected chi connectivity index (χ3v) is 4.44. The first kappa shape index (κ1) is 19.1. The molecule has 2 nitrogen and oxygen atoms in total. The zero-order chi connectivity index (χ0) is 15.7. The molecule has 2 atom stereocenters. The third-order valence-electron chi connectivity index (χ3n) is 3.80. The predicted octanol–water partition coefficient (Wildman–Crippen LogP) is 5.99. The summed E-state index contributed by atoms with van der Waals surface area (Å²) in [7, 11) is 0. The van der Waals surface area contributed by atoms with Crippen LogP contribution in [0.3, 0.4) is 0 Å². The molecule has 0 heterocycles. The maximum absolute atomic E-state index is 11.3. The van der Waals surface area contributed by atoms with Gasteiger partial charge in [0.1, 0.15) is 0 Å². The number of carbonyl (C=O) groups is 1. The monoisotopic (exact) mass is 354 g/mol. The van der Waals surface area contributed by atoms with Crippen LogP contribution in [0.2, 0.25) is 0 Å². The highest BCUT2D eigenvalue weighted by Gasteiger charge is 2.40. The first-order valence-corrected chi connectivity index (χ1v) is 8.95. The fraction of sp³-hybridized carbons (Fsp3) is 0.812. The van der Waals surface area contributed by atoms with Crippen LogP contribution in [0.5, 0.6) is 0 Å². The van der Waals surface area contributed by atoms with Gasteiger partial charge in [-0.15, -0.1) is 0 Å². The molecule has 0 aromatic carbocycles. The van der Waals surface area contributed by atoms with Gasteiger partial charge in [0.05, 0.1) is 0 Å². The Kier molecular flexibility index (Phi) is 9.08. The van der Waals surface area contributed by atoms with Crippen molar-refractivity contribution in [3.05, 3.63) is 12.2 Å². The summed E-state index contributed by atoms with van der Waals surface area (Å²) in [6, 6.07) is 0. The summed E-state index contributed by atoms with van der Waals surface area (Å²) in [5.41, 5.74) is 0. The molecular weight excluding hydrogens is 331 g/mol. The summed E-state index contributed by atoms with van der Waals surface area (Å²) < 4.78 is 3.69. The molecule has 5 heteroatoms. The molecular formula is C16H25Cl3O2. The van der Waals surface area contributed by atoms with Crippen molar-refractivity contribution in [3.8, 4) is 0 Å². The Morgan fingerprint density at radius 1 is 1.10 bits per heavy atom. The molecule has 122 valence electrons. The molecule has 0 bridgehead atoms. The third kappa shape index (κ3) is 8.32. The molecule has 0 spiro atoms. The Bertz CT molecular complexity index is 337. The van der Waals surface area contributed by atoms with Crippen molar-refractivity contribution in [1.82, 2.24) is 0 Å². The van der Waals surface area contributed by atoms with E-state index in [1.54, 1.807) is 0 Å². The minimum Gasteiger partial charge on any atom is -0.457 e. The summed E-state index contributed by atoms with van der Waals surface area (Å²) in [5, 5.41) is 0. The van der Waals surface area contributed by atoms with Crippen molar-refractivity contribution >= 4 is 40.8 Å². The topological polar surface area (TPSA) is 26.3 Å². The standard InChI is InChI=1S/C16H25Cl3O2/c1-13(20)21-15(16(17,18)19)14-11-9-7-5-3-2-4-6-8-10-12-14/h9,11,14-15H,2-8,10,12H2,1H3/b11-9+. The molecule has 0 amide bonds. The van der Waals surface area contributed by atoms with Crippen molar-refractivity contribution in [2.75, 3.05) is 0 Å². The predicted molar refractivity (Wildman–Crippen MR) is 90.0 cm³/mol. The van der Waals surface area contributed by atoms with Crippen molar-refractivity contribution < 1.29 is 9.53 Å². The van der Waals surface area contributed by atoms with Crippen LogP contribution in [0.15, 0.2) is 12.2 Å². The van der Waals surface area contributed by atoms with Gasteiger partial charge in [0, 0.05) is 12.8 Å². The van der Waals surface area contributed by atoms with E-state index in [0.717, 1.165) is 19.3 Å². The van der Waals surface area contributed by atoms with Gasteiger partial charge in [-0.1, -0.05) is 85.5 Å². The molecule has 0 radical (unpaired) electrons. The van der Waals surface area contributed by atoms with Crippen LogP contribution in [-0.2, 0) is 9.53 Å². The molecule has 0 aliphatic heterocycles. The molecule has 0 N–H and O–H groups in total. The van der Waals surface area contributed by atoms with E-state index in [1.165, 1.54) is 45.4 Å². The SMILES string of the molecule is CC(=O)OC(C1/C=C/CCCCCCCCC1)C(Cl)(Cl)Cl. The fourth-order valence-electron chi connectivity index (χ4n) is 2.72. The van der Waals surface area contributed by atoms with Gasteiger partial charge in [0.15, 0.2) is 6.10 Å². The fourth-order valence-corrected chi connectivity index (χ4v) is 3.34. The molecule has 0 saturated carbocycles. The van der Waals surface area contributed by atoms with E-state index in [-0.39, 0.29) is 5.92 Å². The largest absolute Gasteiger partial charge is 0.457 e. The molecule has 2 unspecified atom stereocenters. The Morgan fingerprint density at radius 2 is 1.67 bits per heavy atom. The number of ether oxygens (including phenoxy) is 1. The van der Waals surface area contributed by atoms with Gasteiger partial charge in [-0.05, 0) is 19.3 Å². The number of carbonyl (C=O) groups excluding carboxylic acids is 1. The Balaban J connectivity index is 2.77. The number of rotatable bonds is 2. The van der Waals surface area contributed by atoms with Crippen molar-refractivity contribution in [3.63, 3.8) is 0 Å². The van der Waals surface area contributed by atoms with E-state index in [1.807, 2.05) is 0 Å². The van der Waals surface area contributed by atoms with Gasteiger partial charge in [-0.25, -0.2) is 0 Å². The second kappa shape index (κ2) is 9.97. The zero-order valence-electron chi connectivity index (χ0n) is 12.6. The van der Waals surface area contributed by atoms with Crippen LogP contribution < -0.4 is 0 Å². The minimum atomic E-state index is -1.60. The highest BCUT2D eigenvalue weighted by molar-refractivity contribution is 6.68. The van der Waals surface area contributed by atoms with Gasteiger partial charge in [-0.3, -0.25) is 4.79 Å². The second-order valence-corrected chi connectivity index (χ2v) is 8.08. The normalized spacial score (nSPS) is 25.2. The average molecular weight is 356 g/mol. The van der Waals surface area contributed by atoms with Crippen molar-refractivity contribution in [2.45, 2.75) is 74.6 Å². The summed E-state index contributed by atoms with van der Waals surface area (Å²) in [5.74, 6) is -0.452. The first-order valence-electron chi connectivity index (χ1n) is 7.82. The van der Waals surface area contributed by atoms with Gasteiger partial charge in [-0.2, -0.15) is 0 Å². The quantitative estimate of drug-likeness (QED) is 0.346. The number of allylic oxidation sites excluding steroid dienone is 1. The summed E-state index contributed by atoms with van der Waals surface area (Å²) in [6.07, 6.45) is 14.0. The Labute approximate surface area is 143 Å². The molecule has 1 aliphatic carbocycles. The highest BCUT2D eigenvalue weighted by atomic mass is 35.6. The van der Waals surface area contributed by atoms with Crippen molar-refractivity contribution in [1.29, 1.82) is 0 Å². The first-order chi connectivity index (χ1) is 9.91. The van der Waals surface area contributed by atoms with Gasteiger partial charge in [0.2, 0.25) is 3.79 Å². The molecule has 0 saturated heterocycles. The van der Waals surface area contributed by atoms with Crippen LogP contribution in [0.4, 0.5) is 0 Å². The summed E-state index contributed by atoms with van der Waals surface area (Å²) >= 11 is 18.1. The summed E-state index contributed by atoms with van der Waals surface area (Å²) in [6.45, 7) is 1.35. The van der Waals surface area contributed by atoms with E-state index in [9.17, 15) is 4.79 Å². The average Bonchev–Trinajstić information content (AvgIpc) is 2.36. The van der Waals surface area contributed by atoms with Crippen LogP contribution in [0.25, 0.3) is 0 Å². The maximum Gasteiger partial charge on any atom is 0.303 e. The highest BCUT2D eigenvalue weighted by Crippen LogP contribution is 2.38. The van der Waals surface area contributed by atoms with Crippen molar-refractivity contribution in [2.24, 2.45) is 5.92 Å². The van der Waals surface area contributed by atoms with Crippen LogP contribution in [0.1, 0.15) is 64.7 Å². The van der Waals surface area contributed by atoms with E-state index < -0.39 is 15.9 Å². The lowest BCUT2D eigenvalue weighted by molar-refractivity contribution is -0.148. The smallest absolute Gasteiger partial charge is 0.303 e. The van der Waals surface area contributed by atoms with Crippen LogP contribution in [-0.4, -0.2) is 15.9 Å². The second-order valence-electron chi connectivity index (χ2n) is 5.72. The number of alkyl halides is 3. The molecule has 0 aromatic rings. The zero-order valence-corrected chi connectivity index (χ0v) is 14.9. The Hall–Kier alpha value is 0.0800. The molecule has 1 aliphatic rings. The molecule has 0 aromatic heterocycles. The van der Waals surface area contributed by atoms with Gasteiger partial charge >= 0.3 is 5.97 Å². The van der Waals surface area contributed by atoms with E-state index in [2.05, 4.69) is 12.2 Å². The van der Waals surface area contributed by atoms with Gasteiger partial charge in [0.25, 0.3) is 0 Å². The molecule has 1 rings (SSSR count).